The molecule has 0 N–H and O–H groups in total. The van der Waals surface area contributed by atoms with Gasteiger partial charge in [0.1, 0.15) is 0 Å². The second-order valence-electron chi connectivity index (χ2n) is 4.25. The van der Waals surface area contributed by atoms with Crippen LogP contribution < -0.4 is 0 Å². The second-order valence-corrected chi connectivity index (χ2v) is 4.25. The molecule has 0 aromatic heterocycles. The first kappa shape index (κ1) is 8.55. The van der Waals surface area contributed by atoms with Crippen LogP contribution in [0.1, 0.15) is 32.1 Å². The van der Waals surface area contributed by atoms with E-state index in [9.17, 15) is 4.79 Å². The van der Waals surface area contributed by atoms with Crippen LogP contribution in [0.25, 0.3) is 0 Å². The number of carbonyl (C=O) groups is 1. The molecular weight excluding hydrogens is 164 g/mol. The van der Waals surface area contributed by atoms with E-state index in [-0.39, 0.29) is 11.3 Å². The van der Waals surface area contributed by atoms with Crippen LogP contribution in [0, 0.1) is 16.7 Å². The van der Waals surface area contributed by atoms with Gasteiger partial charge in [0, 0.05) is 31.3 Å². The summed E-state index contributed by atoms with van der Waals surface area (Å²) in [6, 6.07) is 2.22. The Balaban J connectivity index is 1.91. The molecule has 0 spiro atoms. The van der Waals surface area contributed by atoms with Gasteiger partial charge in [-0.1, -0.05) is 0 Å². The van der Waals surface area contributed by atoms with E-state index < -0.39 is 0 Å². The van der Waals surface area contributed by atoms with E-state index >= 15 is 0 Å². The minimum Gasteiger partial charge on any atom is -0.342 e. The van der Waals surface area contributed by atoms with E-state index in [2.05, 4.69) is 6.07 Å². The summed E-state index contributed by atoms with van der Waals surface area (Å²) in [5, 5.41) is 8.63. The summed E-state index contributed by atoms with van der Waals surface area (Å²) in [6.07, 6.45) is 4.59. The number of rotatable bonds is 3. The molecule has 2 rings (SSSR count). The molecule has 13 heavy (non-hydrogen) atoms. The predicted molar refractivity (Wildman–Crippen MR) is 47.7 cm³/mol. The number of nitriles is 1. The molecule has 70 valence electrons. The normalized spacial score (nSPS) is 24.5. The van der Waals surface area contributed by atoms with Gasteiger partial charge in [-0.25, -0.2) is 0 Å². The Morgan fingerprint density at radius 1 is 1.54 bits per heavy atom. The maximum atomic E-state index is 11.3. The van der Waals surface area contributed by atoms with E-state index in [4.69, 9.17) is 5.26 Å². The van der Waals surface area contributed by atoms with Gasteiger partial charge < -0.3 is 4.90 Å². The first-order chi connectivity index (χ1) is 6.26. The predicted octanol–water partition coefficient (Wildman–Crippen LogP) is 1.30. The van der Waals surface area contributed by atoms with Gasteiger partial charge in [-0.2, -0.15) is 5.26 Å². The third-order valence-corrected chi connectivity index (χ3v) is 3.11. The maximum absolute atomic E-state index is 11.3. The molecule has 1 aliphatic carbocycles. The van der Waals surface area contributed by atoms with Gasteiger partial charge in [-0.3, -0.25) is 4.79 Å². The van der Waals surface area contributed by atoms with E-state index in [1.807, 2.05) is 4.90 Å². The number of amides is 1. The lowest BCUT2D eigenvalue weighted by molar-refractivity contribution is -0.128. The van der Waals surface area contributed by atoms with Crippen LogP contribution in [-0.2, 0) is 4.79 Å². The fourth-order valence-corrected chi connectivity index (χ4v) is 2.01. The van der Waals surface area contributed by atoms with Crippen molar-refractivity contribution in [3.8, 4) is 6.07 Å². The first-order valence-corrected chi connectivity index (χ1v) is 4.91. The molecule has 1 saturated heterocycles. The van der Waals surface area contributed by atoms with Crippen molar-refractivity contribution in [3.05, 3.63) is 0 Å². The van der Waals surface area contributed by atoms with E-state index in [1.165, 1.54) is 0 Å². The van der Waals surface area contributed by atoms with Crippen molar-refractivity contribution in [2.45, 2.75) is 32.1 Å². The zero-order valence-corrected chi connectivity index (χ0v) is 7.75. The van der Waals surface area contributed by atoms with Crippen molar-refractivity contribution >= 4 is 5.91 Å². The molecule has 3 heteroatoms. The third kappa shape index (κ3) is 1.67. The first-order valence-electron chi connectivity index (χ1n) is 4.91. The monoisotopic (exact) mass is 178 g/mol. The standard InChI is InChI=1S/C10H14N2O/c11-6-5-10(3-4-10)8-12-7-1-2-9(12)13/h1-5,7-8H2. The van der Waals surface area contributed by atoms with Crippen LogP contribution in [0.15, 0.2) is 0 Å². The molecule has 1 aliphatic heterocycles. The summed E-state index contributed by atoms with van der Waals surface area (Å²) in [4.78, 5) is 13.3. The molecule has 0 aromatic rings. The minimum atomic E-state index is 0.189. The number of hydrogen-bond acceptors (Lipinski definition) is 2. The van der Waals surface area contributed by atoms with Gasteiger partial charge in [-0.15, -0.1) is 0 Å². The highest BCUT2D eigenvalue weighted by molar-refractivity contribution is 5.78. The lowest BCUT2D eigenvalue weighted by atomic mass is 10.0. The van der Waals surface area contributed by atoms with Crippen LogP contribution in [-0.4, -0.2) is 23.9 Å². The summed E-state index contributed by atoms with van der Waals surface area (Å²) in [6.45, 7) is 1.74. The number of nitrogens with zero attached hydrogens (tertiary/aromatic N) is 2. The molecular formula is C10H14N2O. The Hall–Kier alpha value is -1.04. The van der Waals surface area contributed by atoms with Crippen LogP contribution >= 0.6 is 0 Å². The number of carbonyl (C=O) groups excluding carboxylic acids is 1. The van der Waals surface area contributed by atoms with E-state index in [0.29, 0.717) is 12.8 Å². The lowest BCUT2D eigenvalue weighted by Gasteiger charge is -2.21. The Morgan fingerprint density at radius 3 is 2.77 bits per heavy atom. The van der Waals surface area contributed by atoms with E-state index in [1.54, 1.807) is 0 Å². The highest BCUT2D eigenvalue weighted by atomic mass is 16.2. The minimum absolute atomic E-state index is 0.189. The molecule has 1 amide bonds. The number of hydrogen-bond donors (Lipinski definition) is 0. The van der Waals surface area contributed by atoms with Crippen molar-refractivity contribution < 1.29 is 4.79 Å². The Labute approximate surface area is 78.3 Å². The fourth-order valence-electron chi connectivity index (χ4n) is 2.01. The second kappa shape index (κ2) is 3.02. The third-order valence-electron chi connectivity index (χ3n) is 3.11. The van der Waals surface area contributed by atoms with Gasteiger partial charge in [-0.05, 0) is 19.3 Å². The van der Waals surface area contributed by atoms with Crippen LogP contribution in [0.4, 0.5) is 0 Å². The van der Waals surface area contributed by atoms with Gasteiger partial charge in [0.25, 0.3) is 0 Å². The molecule has 0 aromatic carbocycles. The lowest BCUT2D eigenvalue weighted by Crippen LogP contribution is -2.31. The highest BCUT2D eigenvalue weighted by Gasteiger charge is 2.45. The maximum Gasteiger partial charge on any atom is 0.222 e. The smallest absolute Gasteiger partial charge is 0.222 e. The van der Waals surface area contributed by atoms with Crippen molar-refractivity contribution in [1.82, 2.24) is 4.90 Å². The van der Waals surface area contributed by atoms with Crippen LogP contribution in [0.3, 0.4) is 0 Å². The molecule has 1 heterocycles. The van der Waals surface area contributed by atoms with E-state index in [0.717, 1.165) is 32.4 Å². The van der Waals surface area contributed by atoms with Crippen LogP contribution in [0.2, 0.25) is 0 Å². The van der Waals surface area contributed by atoms with Crippen molar-refractivity contribution in [1.29, 1.82) is 5.26 Å². The molecule has 2 fully saturated rings. The summed E-state index contributed by atoms with van der Waals surface area (Å²) >= 11 is 0. The summed E-state index contributed by atoms with van der Waals surface area (Å²) in [5.74, 6) is 0.282. The largest absolute Gasteiger partial charge is 0.342 e. The summed E-state index contributed by atoms with van der Waals surface area (Å²) in [5.41, 5.74) is 0.189. The van der Waals surface area contributed by atoms with Gasteiger partial charge in [0.15, 0.2) is 0 Å². The molecule has 0 atom stereocenters. The molecule has 0 unspecified atom stereocenters. The molecule has 3 nitrogen and oxygen atoms in total. The zero-order chi connectivity index (χ0) is 9.31. The van der Waals surface area contributed by atoms with Gasteiger partial charge in [0.2, 0.25) is 5.91 Å². The molecule has 0 radical (unpaired) electrons. The van der Waals surface area contributed by atoms with Crippen molar-refractivity contribution in [3.63, 3.8) is 0 Å². The molecule has 1 saturated carbocycles. The molecule has 0 bridgehead atoms. The van der Waals surface area contributed by atoms with Crippen molar-refractivity contribution in [2.24, 2.45) is 5.41 Å². The Kier molecular flexibility index (Phi) is 1.99. The van der Waals surface area contributed by atoms with Gasteiger partial charge in [0.05, 0.1) is 6.07 Å². The fraction of sp³-hybridized carbons (Fsp3) is 0.800. The average Bonchev–Trinajstić information content (AvgIpc) is 2.73. The van der Waals surface area contributed by atoms with Crippen LogP contribution in [0.5, 0.6) is 0 Å². The Bertz CT molecular complexity index is 263. The van der Waals surface area contributed by atoms with Crippen molar-refractivity contribution in [2.75, 3.05) is 13.1 Å². The SMILES string of the molecule is N#CCC1(CN2CCCC2=O)CC1. The summed E-state index contributed by atoms with van der Waals surface area (Å²) < 4.78 is 0. The van der Waals surface area contributed by atoms with Gasteiger partial charge >= 0.3 is 0 Å². The number of likely N-dealkylation sites (tertiary alicyclic amines) is 1. The highest BCUT2D eigenvalue weighted by Crippen LogP contribution is 2.49. The molecule has 2 aliphatic rings. The average molecular weight is 178 g/mol. The quantitative estimate of drug-likeness (QED) is 0.654. The Morgan fingerprint density at radius 2 is 2.31 bits per heavy atom. The summed E-state index contributed by atoms with van der Waals surface area (Å²) in [7, 11) is 0. The zero-order valence-electron chi connectivity index (χ0n) is 7.75. The topological polar surface area (TPSA) is 44.1 Å².